The Balaban J connectivity index is 2.17. The Kier molecular flexibility index (Phi) is 2.90. The molecular formula is C12H12O4. The largest absolute Gasteiger partial charge is 0.497 e. The molecule has 0 saturated carbocycles. The maximum Gasteiger partial charge on any atom is 0.306 e. The number of Topliss-reactive ketones (excluding diaryl/α,β-unsaturated/α-hetero) is 1. The number of cyclic esters (lactones) is 1. The van der Waals surface area contributed by atoms with Crippen LogP contribution >= 0.6 is 0 Å². The van der Waals surface area contributed by atoms with Crippen LogP contribution in [-0.4, -0.2) is 25.5 Å². The van der Waals surface area contributed by atoms with Crippen LogP contribution in [0.3, 0.4) is 0 Å². The number of carbonyl (C=O) groups excluding carboxylic acids is 2. The topological polar surface area (TPSA) is 52.6 Å². The Morgan fingerprint density at radius 1 is 1.50 bits per heavy atom. The summed E-state index contributed by atoms with van der Waals surface area (Å²) in [7, 11) is 1.55. The third-order valence-corrected chi connectivity index (χ3v) is 2.58. The second kappa shape index (κ2) is 4.35. The van der Waals surface area contributed by atoms with Gasteiger partial charge in [-0.2, -0.15) is 0 Å². The average molecular weight is 220 g/mol. The molecule has 0 aliphatic carbocycles. The van der Waals surface area contributed by atoms with Crippen LogP contribution < -0.4 is 4.74 Å². The molecule has 1 saturated heterocycles. The van der Waals surface area contributed by atoms with Gasteiger partial charge in [0.2, 0.25) is 0 Å². The standard InChI is InChI=1S/C12H12O4/c1-15-10-4-2-3-8(5-10)12(14)9-6-11(13)16-7-9/h2-5,9H,6-7H2,1H3/t9-/m1/s1. The first-order valence-corrected chi connectivity index (χ1v) is 5.04. The maximum absolute atomic E-state index is 12.0. The monoisotopic (exact) mass is 220 g/mol. The molecular weight excluding hydrogens is 208 g/mol. The van der Waals surface area contributed by atoms with Crippen molar-refractivity contribution < 1.29 is 19.1 Å². The first kappa shape index (κ1) is 10.7. The summed E-state index contributed by atoms with van der Waals surface area (Å²) in [6.45, 7) is 0.189. The van der Waals surface area contributed by atoms with Crippen LogP contribution in [0, 0.1) is 5.92 Å². The van der Waals surface area contributed by atoms with Crippen molar-refractivity contribution in [1.82, 2.24) is 0 Å². The lowest BCUT2D eigenvalue weighted by molar-refractivity contribution is -0.137. The quantitative estimate of drug-likeness (QED) is 0.571. The fourth-order valence-electron chi connectivity index (χ4n) is 1.69. The van der Waals surface area contributed by atoms with E-state index in [0.717, 1.165) is 0 Å². The highest BCUT2D eigenvalue weighted by atomic mass is 16.5. The summed E-state index contributed by atoms with van der Waals surface area (Å²) in [5, 5.41) is 0. The van der Waals surface area contributed by atoms with E-state index in [1.54, 1.807) is 31.4 Å². The van der Waals surface area contributed by atoms with Gasteiger partial charge in [0.05, 0.1) is 19.4 Å². The van der Waals surface area contributed by atoms with Crippen molar-refractivity contribution in [2.24, 2.45) is 5.92 Å². The summed E-state index contributed by atoms with van der Waals surface area (Å²) in [6, 6.07) is 6.91. The Labute approximate surface area is 93.2 Å². The lowest BCUT2D eigenvalue weighted by atomic mass is 9.97. The number of carbonyl (C=O) groups is 2. The van der Waals surface area contributed by atoms with Gasteiger partial charge in [-0.1, -0.05) is 12.1 Å². The third kappa shape index (κ3) is 2.05. The molecule has 0 radical (unpaired) electrons. The number of benzene rings is 1. The SMILES string of the molecule is COc1cccc(C(=O)[C@H]2COC(=O)C2)c1. The molecule has 4 nitrogen and oxygen atoms in total. The van der Waals surface area contributed by atoms with E-state index in [1.807, 2.05) is 0 Å². The number of ketones is 1. The third-order valence-electron chi connectivity index (χ3n) is 2.58. The molecule has 0 unspecified atom stereocenters. The number of rotatable bonds is 3. The van der Waals surface area contributed by atoms with Gasteiger partial charge in [0.25, 0.3) is 0 Å². The van der Waals surface area contributed by atoms with Crippen LogP contribution in [0.25, 0.3) is 0 Å². The predicted molar refractivity (Wildman–Crippen MR) is 56.4 cm³/mol. The molecule has 1 fully saturated rings. The Bertz CT molecular complexity index is 425. The van der Waals surface area contributed by atoms with E-state index in [4.69, 9.17) is 9.47 Å². The fraction of sp³-hybridized carbons (Fsp3) is 0.333. The second-order valence-corrected chi connectivity index (χ2v) is 3.68. The smallest absolute Gasteiger partial charge is 0.306 e. The molecule has 1 heterocycles. The molecule has 1 aliphatic heterocycles. The van der Waals surface area contributed by atoms with E-state index >= 15 is 0 Å². The van der Waals surface area contributed by atoms with Gasteiger partial charge < -0.3 is 9.47 Å². The Morgan fingerprint density at radius 3 is 2.94 bits per heavy atom. The summed E-state index contributed by atoms with van der Waals surface area (Å²) in [5.41, 5.74) is 0.558. The van der Waals surface area contributed by atoms with Crippen LogP contribution in [0.2, 0.25) is 0 Å². The van der Waals surface area contributed by atoms with Gasteiger partial charge in [0.1, 0.15) is 12.4 Å². The first-order chi connectivity index (χ1) is 7.70. The van der Waals surface area contributed by atoms with Crippen molar-refractivity contribution in [2.75, 3.05) is 13.7 Å². The summed E-state index contributed by atoms with van der Waals surface area (Å²) >= 11 is 0. The summed E-state index contributed by atoms with van der Waals surface area (Å²) in [6.07, 6.45) is 0.177. The molecule has 2 rings (SSSR count). The second-order valence-electron chi connectivity index (χ2n) is 3.68. The number of esters is 1. The lowest BCUT2D eigenvalue weighted by Gasteiger charge is -2.06. The summed E-state index contributed by atoms with van der Waals surface area (Å²) in [5.74, 6) is -0.0818. The van der Waals surface area contributed by atoms with Crippen LogP contribution in [0.5, 0.6) is 5.75 Å². The van der Waals surface area contributed by atoms with Gasteiger partial charge in [-0.05, 0) is 12.1 Å². The van der Waals surface area contributed by atoms with Gasteiger partial charge in [-0.15, -0.1) is 0 Å². The van der Waals surface area contributed by atoms with Gasteiger partial charge >= 0.3 is 5.97 Å². The summed E-state index contributed by atoms with van der Waals surface area (Å²) in [4.78, 5) is 22.9. The lowest BCUT2D eigenvalue weighted by Crippen LogP contribution is -2.14. The molecule has 1 aromatic rings. The van der Waals surface area contributed by atoms with Crippen molar-refractivity contribution >= 4 is 11.8 Å². The van der Waals surface area contributed by atoms with Crippen molar-refractivity contribution in [3.05, 3.63) is 29.8 Å². The predicted octanol–water partition coefficient (Wildman–Crippen LogP) is 1.44. The van der Waals surface area contributed by atoms with Crippen LogP contribution in [0.1, 0.15) is 16.8 Å². The summed E-state index contributed by atoms with van der Waals surface area (Å²) < 4.78 is 9.81. The zero-order valence-corrected chi connectivity index (χ0v) is 8.93. The highest BCUT2D eigenvalue weighted by Crippen LogP contribution is 2.21. The van der Waals surface area contributed by atoms with E-state index in [0.29, 0.717) is 11.3 Å². The van der Waals surface area contributed by atoms with E-state index in [2.05, 4.69) is 0 Å². The van der Waals surface area contributed by atoms with Gasteiger partial charge in [0, 0.05) is 5.56 Å². The zero-order chi connectivity index (χ0) is 11.5. The zero-order valence-electron chi connectivity index (χ0n) is 8.93. The molecule has 1 atom stereocenters. The van der Waals surface area contributed by atoms with Crippen LogP contribution in [-0.2, 0) is 9.53 Å². The molecule has 0 N–H and O–H groups in total. The highest BCUT2D eigenvalue weighted by Gasteiger charge is 2.30. The van der Waals surface area contributed by atoms with Gasteiger partial charge in [0.15, 0.2) is 5.78 Å². The van der Waals surface area contributed by atoms with Crippen molar-refractivity contribution in [1.29, 1.82) is 0 Å². The molecule has 1 aliphatic rings. The van der Waals surface area contributed by atoms with Gasteiger partial charge in [-0.3, -0.25) is 9.59 Å². The van der Waals surface area contributed by atoms with E-state index < -0.39 is 0 Å². The molecule has 0 aromatic heterocycles. The molecule has 84 valence electrons. The number of methoxy groups -OCH3 is 1. The maximum atomic E-state index is 12.0. The molecule has 1 aromatic carbocycles. The van der Waals surface area contributed by atoms with E-state index in [-0.39, 0.29) is 30.7 Å². The number of hydrogen-bond donors (Lipinski definition) is 0. The Hall–Kier alpha value is -1.84. The molecule has 0 spiro atoms. The number of ether oxygens (including phenoxy) is 2. The fourth-order valence-corrected chi connectivity index (χ4v) is 1.69. The molecule has 0 amide bonds. The molecule has 4 heteroatoms. The normalized spacial score (nSPS) is 19.3. The first-order valence-electron chi connectivity index (χ1n) is 5.04. The molecule has 16 heavy (non-hydrogen) atoms. The van der Waals surface area contributed by atoms with E-state index in [9.17, 15) is 9.59 Å². The van der Waals surface area contributed by atoms with E-state index in [1.165, 1.54) is 0 Å². The minimum Gasteiger partial charge on any atom is -0.497 e. The minimum absolute atomic E-state index is 0.0650. The Morgan fingerprint density at radius 2 is 2.31 bits per heavy atom. The molecule has 0 bridgehead atoms. The van der Waals surface area contributed by atoms with Crippen LogP contribution in [0.15, 0.2) is 24.3 Å². The van der Waals surface area contributed by atoms with Crippen molar-refractivity contribution in [3.8, 4) is 5.75 Å². The number of hydrogen-bond acceptors (Lipinski definition) is 4. The van der Waals surface area contributed by atoms with Crippen molar-refractivity contribution in [3.63, 3.8) is 0 Å². The highest BCUT2D eigenvalue weighted by molar-refractivity contribution is 6.00. The average Bonchev–Trinajstić information content (AvgIpc) is 2.75. The van der Waals surface area contributed by atoms with Gasteiger partial charge in [-0.25, -0.2) is 0 Å². The van der Waals surface area contributed by atoms with Crippen LogP contribution in [0.4, 0.5) is 0 Å². The minimum atomic E-state index is -0.348. The van der Waals surface area contributed by atoms with Crippen molar-refractivity contribution in [2.45, 2.75) is 6.42 Å².